The number of hydrogen-bond acceptors (Lipinski definition) is 4. The van der Waals surface area contributed by atoms with Gasteiger partial charge in [0, 0.05) is 6.20 Å². The fourth-order valence-electron chi connectivity index (χ4n) is 1.66. The lowest BCUT2D eigenvalue weighted by molar-refractivity contribution is 0.489. The Morgan fingerprint density at radius 1 is 1.38 bits per heavy atom. The van der Waals surface area contributed by atoms with Gasteiger partial charge in [-0.25, -0.2) is 0 Å². The van der Waals surface area contributed by atoms with Crippen LogP contribution in [-0.2, 0) is 0 Å². The van der Waals surface area contributed by atoms with Crippen LogP contribution in [-0.4, -0.2) is 4.98 Å². The molecule has 0 aliphatic heterocycles. The second-order valence-electron chi connectivity index (χ2n) is 3.57. The van der Waals surface area contributed by atoms with E-state index in [0.29, 0.717) is 0 Å². The summed E-state index contributed by atoms with van der Waals surface area (Å²) in [6.45, 7) is 0. The molecule has 4 heteroatoms. The topological polar surface area (TPSA) is 52.0 Å². The molecule has 0 radical (unpaired) electrons. The summed E-state index contributed by atoms with van der Waals surface area (Å²) in [6.07, 6.45) is 3.44. The number of rotatable bonds is 2. The standard InChI is InChI=1S/C12H10N2OS/c13-12(10-2-1-4-15-10)8-6-11-9(14-7-8)3-5-16-11/h1-7,12H,13H2. The Morgan fingerprint density at radius 3 is 3.12 bits per heavy atom. The van der Waals surface area contributed by atoms with Gasteiger partial charge in [0.05, 0.1) is 22.5 Å². The predicted molar refractivity (Wildman–Crippen MR) is 64.4 cm³/mol. The summed E-state index contributed by atoms with van der Waals surface area (Å²) in [5.41, 5.74) is 8.08. The monoisotopic (exact) mass is 230 g/mol. The molecule has 0 saturated carbocycles. The van der Waals surface area contributed by atoms with E-state index in [-0.39, 0.29) is 6.04 Å². The van der Waals surface area contributed by atoms with Crippen LogP contribution in [0, 0.1) is 0 Å². The minimum Gasteiger partial charge on any atom is -0.467 e. The number of hydrogen-bond donors (Lipinski definition) is 1. The van der Waals surface area contributed by atoms with Crippen LogP contribution in [0.2, 0.25) is 0 Å². The lowest BCUT2D eigenvalue weighted by atomic mass is 10.1. The van der Waals surface area contributed by atoms with E-state index in [9.17, 15) is 0 Å². The highest BCUT2D eigenvalue weighted by Gasteiger charge is 2.12. The summed E-state index contributed by atoms with van der Waals surface area (Å²) < 4.78 is 6.45. The van der Waals surface area contributed by atoms with Crippen molar-refractivity contribution in [3.63, 3.8) is 0 Å². The molecule has 0 saturated heterocycles. The number of fused-ring (bicyclic) bond motifs is 1. The van der Waals surface area contributed by atoms with Crippen LogP contribution in [0.4, 0.5) is 0 Å². The summed E-state index contributed by atoms with van der Waals surface area (Å²) in [4.78, 5) is 4.36. The van der Waals surface area contributed by atoms with E-state index in [4.69, 9.17) is 10.2 Å². The second-order valence-corrected chi connectivity index (χ2v) is 4.51. The molecule has 0 aromatic carbocycles. The molecule has 16 heavy (non-hydrogen) atoms. The molecule has 1 unspecified atom stereocenters. The van der Waals surface area contributed by atoms with Crippen molar-refractivity contribution in [3.05, 3.63) is 53.4 Å². The maximum absolute atomic E-state index is 6.09. The van der Waals surface area contributed by atoms with E-state index in [0.717, 1.165) is 21.5 Å². The Labute approximate surface area is 96.5 Å². The van der Waals surface area contributed by atoms with Crippen molar-refractivity contribution in [2.45, 2.75) is 6.04 Å². The van der Waals surface area contributed by atoms with Gasteiger partial charge in [-0.3, -0.25) is 4.98 Å². The molecular formula is C12H10N2OS. The third kappa shape index (κ3) is 1.52. The first-order chi connectivity index (χ1) is 7.84. The van der Waals surface area contributed by atoms with Crippen molar-refractivity contribution in [1.82, 2.24) is 4.98 Å². The SMILES string of the molecule is NC(c1cnc2ccsc2c1)c1ccco1. The van der Waals surface area contributed by atoms with Crippen LogP contribution >= 0.6 is 11.3 Å². The number of furan rings is 1. The third-order valence-corrected chi connectivity index (χ3v) is 3.39. The maximum Gasteiger partial charge on any atom is 0.125 e. The van der Waals surface area contributed by atoms with E-state index in [1.165, 1.54) is 0 Å². The summed E-state index contributed by atoms with van der Waals surface area (Å²) >= 11 is 1.67. The number of aromatic nitrogens is 1. The Morgan fingerprint density at radius 2 is 2.31 bits per heavy atom. The molecule has 3 aromatic heterocycles. The first-order valence-electron chi connectivity index (χ1n) is 4.97. The van der Waals surface area contributed by atoms with Gasteiger partial charge in [-0.1, -0.05) is 0 Å². The van der Waals surface area contributed by atoms with Crippen molar-refractivity contribution >= 4 is 21.6 Å². The van der Waals surface area contributed by atoms with Crippen LogP contribution in [0.25, 0.3) is 10.2 Å². The second kappa shape index (κ2) is 3.73. The Balaban J connectivity index is 2.05. The molecule has 3 heterocycles. The van der Waals surface area contributed by atoms with Gasteiger partial charge in [-0.05, 0) is 35.2 Å². The molecule has 3 rings (SSSR count). The molecule has 80 valence electrons. The summed E-state index contributed by atoms with van der Waals surface area (Å²) in [5.74, 6) is 0.762. The zero-order valence-corrected chi connectivity index (χ0v) is 9.28. The highest BCUT2D eigenvalue weighted by Crippen LogP contribution is 2.25. The van der Waals surface area contributed by atoms with Crippen LogP contribution in [0.5, 0.6) is 0 Å². The first-order valence-corrected chi connectivity index (χ1v) is 5.85. The summed E-state index contributed by atoms with van der Waals surface area (Å²) in [7, 11) is 0. The normalized spacial score (nSPS) is 13.1. The first kappa shape index (κ1) is 9.57. The van der Waals surface area contributed by atoms with Crippen LogP contribution < -0.4 is 5.73 Å². The number of nitrogens with two attached hydrogens (primary N) is 1. The average Bonchev–Trinajstić information content (AvgIpc) is 2.98. The average molecular weight is 230 g/mol. The highest BCUT2D eigenvalue weighted by atomic mass is 32.1. The molecule has 2 N–H and O–H groups in total. The van der Waals surface area contributed by atoms with E-state index in [1.807, 2.05) is 29.8 Å². The summed E-state index contributed by atoms with van der Waals surface area (Å²) in [5, 5.41) is 2.03. The zero-order valence-electron chi connectivity index (χ0n) is 8.46. The lowest BCUT2D eigenvalue weighted by Crippen LogP contribution is -2.10. The third-order valence-electron chi connectivity index (χ3n) is 2.53. The molecule has 0 aliphatic carbocycles. The van der Waals surface area contributed by atoms with Crippen molar-refractivity contribution in [2.24, 2.45) is 5.73 Å². The largest absolute Gasteiger partial charge is 0.467 e. The number of thiophene rings is 1. The molecule has 0 amide bonds. The Kier molecular flexibility index (Phi) is 2.23. The van der Waals surface area contributed by atoms with E-state index >= 15 is 0 Å². The van der Waals surface area contributed by atoms with Gasteiger partial charge in [0.1, 0.15) is 5.76 Å². The molecule has 0 spiro atoms. The molecule has 3 nitrogen and oxygen atoms in total. The van der Waals surface area contributed by atoms with Crippen molar-refractivity contribution in [1.29, 1.82) is 0 Å². The minimum absolute atomic E-state index is 0.242. The van der Waals surface area contributed by atoms with Gasteiger partial charge in [0.25, 0.3) is 0 Å². The molecule has 0 aliphatic rings. The van der Waals surface area contributed by atoms with Crippen molar-refractivity contribution in [3.8, 4) is 0 Å². The van der Waals surface area contributed by atoms with E-state index in [1.54, 1.807) is 17.6 Å². The van der Waals surface area contributed by atoms with Crippen molar-refractivity contribution < 1.29 is 4.42 Å². The molecule has 3 aromatic rings. The molecular weight excluding hydrogens is 220 g/mol. The van der Waals surface area contributed by atoms with E-state index in [2.05, 4.69) is 11.1 Å². The van der Waals surface area contributed by atoms with Gasteiger partial charge in [0.15, 0.2) is 0 Å². The number of nitrogens with zero attached hydrogens (tertiary/aromatic N) is 1. The van der Waals surface area contributed by atoms with Crippen LogP contribution in [0.1, 0.15) is 17.4 Å². The Bertz CT molecular complexity index is 600. The van der Waals surface area contributed by atoms with Crippen LogP contribution in [0.15, 0.2) is 46.5 Å². The maximum atomic E-state index is 6.09. The smallest absolute Gasteiger partial charge is 0.125 e. The zero-order chi connectivity index (χ0) is 11.0. The van der Waals surface area contributed by atoms with Crippen LogP contribution in [0.3, 0.4) is 0 Å². The molecule has 1 atom stereocenters. The van der Waals surface area contributed by atoms with E-state index < -0.39 is 0 Å². The lowest BCUT2D eigenvalue weighted by Gasteiger charge is -2.08. The van der Waals surface area contributed by atoms with Gasteiger partial charge in [-0.2, -0.15) is 0 Å². The number of pyridine rings is 1. The Hall–Kier alpha value is -1.65. The van der Waals surface area contributed by atoms with Gasteiger partial charge in [0.2, 0.25) is 0 Å². The fourth-order valence-corrected chi connectivity index (χ4v) is 2.45. The summed E-state index contributed by atoms with van der Waals surface area (Å²) in [6, 6.07) is 7.55. The van der Waals surface area contributed by atoms with Gasteiger partial charge in [-0.15, -0.1) is 11.3 Å². The minimum atomic E-state index is -0.242. The fraction of sp³-hybridized carbons (Fsp3) is 0.0833. The molecule has 0 fully saturated rings. The highest BCUT2D eigenvalue weighted by molar-refractivity contribution is 7.17. The molecule has 0 bridgehead atoms. The van der Waals surface area contributed by atoms with Crippen molar-refractivity contribution in [2.75, 3.05) is 0 Å². The van der Waals surface area contributed by atoms with Gasteiger partial charge < -0.3 is 10.2 Å². The van der Waals surface area contributed by atoms with Gasteiger partial charge >= 0.3 is 0 Å². The predicted octanol–water partition coefficient (Wildman–Crippen LogP) is 2.94. The quantitative estimate of drug-likeness (QED) is 0.736.